The van der Waals surface area contributed by atoms with Gasteiger partial charge in [-0.1, -0.05) is 43.4 Å². The van der Waals surface area contributed by atoms with E-state index in [4.69, 9.17) is 9.47 Å². The molecule has 0 aromatic heterocycles. The highest BCUT2D eigenvalue weighted by molar-refractivity contribution is 5.67. The number of benzene rings is 1. The Morgan fingerprint density at radius 1 is 1.37 bits per heavy atom. The highest BCUT2D eigenvalue weighted by Crippen LogP contribution is 2.27. The standard InChI is InChI=1S/C16H20O3/c1-4-5-6-7-12-16(19-13(2)17)14-10-8-9-11-15(14)18-3/h8-11,16H,4-6H2,1-3H3/t16-/m0/s1. The first-order valence-electron chi connectivity index (χ1n) is 6.47. The molecule has 0 aliphatic heterocycles. The monoisotopic (exact) mass is 260 g/mol. The number of hydrogen-bond acceptors (Lipinski definition) is 3. The van der Waals surface area contributed by atoms with E-state index in [-0.39, 0.29) is 5.97 Å². The van der Waals surface area contributed by atoms with Gasteiger partial charge in [-0.05, 0) is 12.5 Å². The molecule has 0 N–H and O–H groups in total. The molecule has 1 aromatic carbocycles. The molecule has 0 saturated carbocycles. The van der Waals surface area contributed by atoms with Crippen molar-refractivity contribution in [3.8, 4) is 17.6 Å². The molecule has 0 heterocycles. The van der Waals surface area contributed by atoms with Gasteiger partial charge in [-0.25, -0.2) is 0 Å². The van der Waals surface area contributed by atoms with Crippen LogP contribution in [0.1, 0.15) is 44.8 Å². The molecule has 19 heavy (non-hydrogen) atoms. The third-order valence-corrected chi connectivity index (χ3v) is 2.59. The van der Waals surface area contributed by atoms with Crippen molar-refractivity contribution < 1.29 is 14.3 Å². The second-order valence-corrected chi connectivity index (χ2v) is 4.16. The molecule has 0 radical (unpaired) electrons. The van der Waals surface area contributed by atoms with Crippen LogP contribution in [-0.2, 0) is 9.53 Å². The van der Waals surface area contributed by atoms with Crippen molar-refractivity contribution in [3.63, 3.8) is 0 Å². The molecule has 0 spiro atoms. The number of carbonyl (C=O) groups is 1. The highest BCUT2D eigenvalue weighted by atomic mass is 16.5. The van der Waals surface area contributed by atoms with E-state index in [0.717, 1.165) is 24.8 Å². The number of rotatable bonds is 5. The van der Waals surface area contributed by atoms with Crippen molar-refractivity contribution in [2.45, 2.75) is 39.2 Å². The maximum Gasteiger partial charge on any atom is 0.304 e. The lowest BCUT2D eigenvalue weighted by atomic mass is 10.1. The Hall–Kier alpha value is -1.95. The summed E-state index contributed by atoms with van der Waals surface area (Å²) in [6.45, 7) is 3.50. The molecule has 0 saturated heterocycles. The van der Waals surface area contributed by atoms with Gasteiger partial charge < -0.3 is 9.47 Å². The van der Waals surface area contributed by atoms with Gasteiger partial charge in [-0.3, -0.25) is 4.79 Å². The van der Waals surface area contributed by atoms with Gasteiger partial charge in [0.05, 0.1) is 7.11 Å². The molecule has 0 aliphatic carbocycles. The number of methoxy groups -OCH3 is 1. The van der Waals surface area contributed by atoms with Crippen LogP contribution in [0.15, 0.2) is 24.3 Å². The Labute approximate surface area is 114 Å². The van der Waals surface area contributed by atoms with Crippen LogP contribution < -0.4 is 4.74 Å². The van der Waals surface area contributed by atoms with Gasteiger partial charge in [0.2, 0.25) is 0 Å². The van der Waals surface area contributed by atoms with Crippen molar-refractivity contribution in [2.75, 3.05) is 7.11 Å². The first-order valence-corrected chi connectivity index (χ1v) is 6.47. The SMILES string of the molecule is CCCCC#C[C@H](OC(C)=O)c1ccccc1OC. The van der Waals surface area contributed by atoms with E-state index in [1.807, 2.05) is 24.3 Å². The summed E-state index contributed by atoms with van der Waals surface area (Å²) in [5.74, 6) is 6.40. The van der Waals surface area contributed by atoms with Crippen LogP contribution in [0.5, 0.6) is 5.75 Å². The zero-order valence-corrected chi connectivity index (χ0v) is 11.7. The molecule has 0 fully saturated rings. The first kappa shape index (κ1) is 15.1. The number of esters is 1. The van der Waals surface area contributed by atoms with Crippen molar-refractivity contribution in [1.82, 2.24) is 0 Å². The normalized spacial score (nSPS) is 11.1. The number of unbranched alkanes of at least 4 members (excludes halogenated alkanes) is 2. The van der Waals surface area contributed by atoms with Crippen molar-refractivity contribution in [3.05, 3.63) is 29.8 Å². The fourth-order valence-corrected chi connectivity index (χ4v) is 1.65. The Morgan fingerprint density at radius 2 is 2.11 bits per heavy atom. The van der Waals surface area contributed by atoms with E-state index < -0.39 is 6.10 Å². The molecule has 1 rings (SSSR count). The molecule has 1 atom stereocenters. The fraction of sp³-hybridized carbons (Fsp3) is 0.438. The summed E-state index contributed by atoms with van der Waals surface area (Å²) < 4.78 is 10.5. The van der Waals surface area contributed by atoms with E-state index in [1.54, 1.807) is 7.11 Å². The van der Waals surface area contributed by atoms with Gasteiger partial charge in [-0.2, -0.15) is 0 Å². The van der Waals surface area contributed by atoms with Crippen molar-refractivity contribution in [2.24, 2.45) is 0 Å². The molecule has 3 heteroatoms. The van der Waals surface area contributed by atoms with Gasteiger partial charge in [0.1, 0.15) is 5.75 Å². The minimum absolute atomic E-state index is 0.347. The van der Waals surface area contributed by atoms with Crippen LogP contribution in [0.4, 0.5) is 0 Å². The van der Waals surface area contributed by atoms with E-state index >= 15 is 0 Å². The second-order valence-electron chi connectivity index (χ2n) is 4.16. The molecule has 0 unspecified atom stereocenters. The number of carbonyl (C=O) groups excluding carboxylic acids is 1. The largest absolute Gasteiger partial charge is 0.496 e. The number of hydrogen-bond donors (Lipinski definition) is 0. The fourth-order valence-electron chi connectivity index (χ4n) is 1.65. The van der Waals surface area contributed by atoms with E-state index in [0.29, 0.717) is 5.75 Å². The van der Waals surface area contributed by atoms with E-state index in [9.17, 15) is 4.79 Å². The quantitative estimate of drug-likeness (QED) is 0.462. The van der Waals surface area contributed by atoms with Gasteiger partial charge in [-0.15, -0.1) is 0 Å². The molecular weight excluding hydrogens is 240 g/mol. The van der Waals surface area contributed by atoms with Crippen LogP contribution in [0.2, 0.25) is 0 Å². The maximum atomic E-state index is 11.2. The summed E-state index contributed by atoms with van der Waals surface area (Å²) in [6, 6.07) is 7.44. The Bertz CT molecular complexity index is 468. The summed E-state index contributed by atoms with van der Waals surface area (Å²) in [6.07, 6.45) is 2.39. The Kier molecular flexibility index (Phi) is 6.52. The predicted molar refractivity (Wildman–Crippen MR) is 74.8 cm³/mol. The molecular formula is C16H20O3. The molecule has 0 bridgehead atoms. The van der Waals surface area contributed by atoms with Crippen LogP contribution >= 0.6 is 0 Å². The zero-order chi connectivity index (χ0) is 14.1. The average molecular weight is 260 g/mol. The Balaban J connectivity index is 2.94. The minimum atomic E-state index is -0.564. The highest BCUT2D eigenvalue weighted by Gasteiger charge is 2.16. The Morgan fingerprint density at radius 3 is 2.74 bits per heavy atom. The summed E-state index contributed by atoms with van der Waals surface area (Å²) in [5, 5.41) is 0. The first-order chi connectivity index (χ1) is 9.19. The lowest BCUT2D eigenvalue weighted by molar-refractivity contribution is -0.144. The van der Waals surface area contributed by atoms with Crippen LogP contribution in [0, 0.1) is 11.8 Å². The molecule has 1 aromatic rings. The van der Waals surface area contributed by atoms with Gasteiger partial charge >= 0.3 is 5.97 Å². The topological polar surface area (TPSA) is 35.5 Å². The molecule has 0 amide bonds. The third-order valence-electron chi connectivity index (χ3n) is 2.59. The minimum Gasteiger partial charge on any atom is -0.496 e. The average Bonchev–Trinajstić information content (AvgIpc) is 2.42. The molecule has 102 valence electrons. The van der Waals surface area contributed by atoms with Gasteiger partial charge in [0.25, 0.3) is 0 Å². The second kappa shape index (κ2) is 8.20. The summed E-state index contributed by atoms with van der Waals surface area (Å²) in [7, 11) is 1.59. The smallest absolute Gasteiger partial charge is 0.304 e. The zero-order valence-electron chi connectivity index (χ0n) is 11.7. The van der Waals surface area contributed by atoms with Gasteiger partial charge in [0, 0.05) is 18.9 Å². The van der Waals surface area contributed by atoms with E-state index in [2.05, 4.69) is 18.8 Å². The van der Waals surface area contributed by atoms with Crippen molar-refractivity contribution >= 4 is 5.97 Å². The summed E-state index contributed by atoms with van der Waals surface area (Å²) >= 11 is 0. The molecule has 0 aliphatic rings. The number of para-hydroxylation sites is 1. The maximum absolute atomic E-state index is 11.2. The summed E-state index contributed by atoms with van der Waals surface area (Å²) in [5.41, 5.74) is 0.782. The summed E-state index contributed by atoms with van der Waals surface area (Å²) in [4.78, 5) is 11.2. The van der Waals surface area contributed by atoms with Crippen LogP contribution in [-0.4, -0.2) is 13.1 Å². The molecule has 3 nitrogen and oxygen atoms in total. The predicted octanol–water partition coefficient (Wildman–Crippen LogP) is 3.49. The lowest BCUT2D eigenvalue weighted by Crippen LogP contribution is -2.08. The van der Waals surface area contributed by atoms with Crippen molar-refractivity contribution in [1.29, 1.82) is 0 Å². The van der Waals surface area contributed by atoms with Gasteiger partial charge in [0.15, 0.2) is 6.10 Å². The number of ether oxygens (including phenoxy) is 2. The van der Waals surface area contributed by atoms with Crippen LogP contribution in [0.25, 0.3) is 0 Å². The van der Waals surface area contributed by atoms with Crippen LogP contribution in [0.3, 0.4) is 0 Å². The van der Waals surface area contributed by atoms with E-state index in [1.165, 1.54) is 6.92 Å². The lowest BCUT2D eigenvalue weighted by Gasteiger charge is -2.14. The third kappa shape index (κ3) is 5.05.